The summed E-state index contributed by atoms with van der Waals surface area (Å²) in [6.07, 6.45) is -1.90. The Labute approximate surface area is 149 Å². The van der Waals surface area contributed by atoms with Crippen molar-refractivity contribution in [3.8, 4) is 0 Å². The van der Waals surface area contributed by atoms with E-state index in [1.807, 2.05) is 22.6 Å². The molecule has 0 spiro atoms. The third-order valence-corrected chi connectivity index (χ3v) is 4.90. The summed E-state index contributed by atoms with van der Waals surface area (Å²) in [4.78, 5) is -0.328. The lowest BCUT2D eigenvalue weighted by Gasteiger charge is -2.06. The van der Waals surface area contributed by atoms with Crippen molar-refractivity contribution in [3.63, 3.8) is 0 Å². The molecule has 2 rings (SSSR count). The van der Waals surface area contributed by atoms with E-state index in [0.717, 1.165) is 18.3 Å². The Morgan fingerprint density at radius 1 is 1.33 bits per heavy atom. The molecule has 0 fully saturated rings. The zero-order valence-electron chi connectivity index (χ0n) is 12.2. The second-order valence-electron chi connectivity index (χ2n) is 4.56. The lowest BCUT2D eigenvalue weighted by molar-refractivity contribution is -0.137. The molecule has 0 aliphatic heterocycles. The van der Waals surface area contributed by atoms with Gasteiger partial charge in [-0.15, -0.1) is 0 Å². The van der Waals surface area contributed by atoms with Crippen molar-refractivity contribution in [2.45, 2.75) is 17.8 Å². The van der Waals surface area contributed by atoms with Gasteiger partial charge in [0.05, 0.1) is 16.7 Å². The third-order valence-electron chi connectivity index (χ3n) is 2.81. The number of halogens is 4. The number of aromatic nitrogens is 2. The van der Waals surface area contributed by atoms with Crippen LogP contribution < -0.4 is 0 Å². The largest absolute Gasteiger partial charge is 0.416 e. The molecule has 1 aromatic heterocycles. The molecule has 0 bridgehead atoms. The normalized spacial score (nSPS) is 12.9. The average molecular weight is 473 g/mol. The molecular formula is C13H11F3IN3O3S. The Balaban J connectivity index is 2.25. The van der Waals surface area contributed by atoms with Gasteiger partial charge in [0, 0.05) is 18.9 Å². The van der Waals surface area contributed by atoms with E-state index >= 15 is 0 Å². The molecule has 0 amide bonds. The molecular weight excluding hydrogens is 462 g/mol. The van der Waals surface area contributed by atoms with Crippen LogP contribution in [0.5, 0.6) is 0 Å². The third kappa shape index (κ3) is 4.54. The molecule has 24 heavy (non-hydrogen) atoms. The molecule has 0 unspecified atom stereocenters. The van der Waals surface area contributed by atoms with Crippen LogP contribution in [-0.4, -0.2) is 31.5 Å². The minimum atomic E-state index is -4.53. The molecule has 0 N–H and O–H groups in total. The van der Waals surface area contributed by atoms with Gasteiger partial charge in [-0.1, -0.05) is 0 Å². The van der Waals surface area contributed by atoms with E-state index in [1.54, 1.807) is 0 Å². The van der Waals surface area contributed by atoms with Crippen LogP contribution in [0.3, 0.4) is 0 Å². The fraction of sp³-hybridized carbons (Fsp3) is 0.231. The molecule has 0 radical (unpaired) electrons. The lowest BCUT2D eigenvalue weighted by atomic mass is 10.2. The number of sulfonamides is 1. The van der Waals surface area contributed by atoms with Gasteiger partial charge in [0.15, 0.2) is 0 Å². The molecule has 1 aromatic carbocycles. The Morgan fingerprint density at radius 2 is 1.96 bits per heavy atom. The maximum Gasteiger partial charge on any atom is 0.416 e. The van der Waals surface area contributed by atoms with Gasteiger partial charge in [-0.2, -0.15) is 31.1 Å². The summed E-state index contributed by atoms with van der Waals surface area (Å²) in [5, 5.41) is 4.08. The molecule has 0 atom stereocenters. The van der Waals surface area contributed by atoms with Crippen molar-refractivity contribution in [2.75, 3.05) is 7.11 Å². The smallest absolute Gasteiger partial charge is 0.362 e. The first-order chi connectivity index (χ1) is 11.1. The fourth-order valence-electron chi connectivity index (χ4n) is 1.70. The quantitative estimate of drug-likeness (QED) is 0.495. The van der Waals surface area contributed by atoms with Crippen LogP contribution in [0.2, 0.25) is 0 Å². The van der Waals surface area contributed by atoms with Crippen molar-refractivity contribution >= 4 is 38.8 Å². The van der Waals surface area contributed by atoms with Crippen LogP contribution in [0, 0.1) is 3.70 Å². The van der Waals surface area contributed by atoms with Crippen LogP contribution in [-0.2, 0) is 27.7 Å². The Kier molecular flexibility index (Phi) is 5.65. The van der Waals surface area contributed by atoms with Gasteiger partial charge in [0.2, 0.25) is 0 Å². The summed E-state index contributed by atoms with van der Waals surface area (Å²) in [5.41, 5.74) is -0.482. The number of rotatable bonds is 5. The van der Waals surface area contributed by atoms with Gasteiger partial charge >= 0.3 is 6.18 Å². The molecule has 1 heterocycles. The Morgan fingerprint density at radius 3 is 2.50 bits per heavy atom. The number of hydrogen-bond acceptors (Lipinski definition) is 4. The second-order valence-corrected chi connectivity index (χ2v) is 7.22. The second kappa shape index (κ2) is 7.19. The lowest BCUT2D eigenvalue weighted by Crippen LogP contribution is -2.05. The zero-order chi connectivity index (χ0) is 18.0. The molecule has 11 heteroatoms. The van der Waals surface area contributed by atoms with Gasteiger partial charge < -0.3 is 4.74 Å². The SMILES string of the molecule is COCn1cc(C=NS(=O)(=O)c2ccc(C(F)(F)F)cc2)c(I)n1. The van der Waals surface area contributed by atoms with Crippen molar-refractivity contribution in [2.24, 2.45) is 4.40 Å². The minimum Gasteiger partial charge on any atom is -0.362 e. The molecule has 0 aliphatic rings. The maximum absolute atomic E-state index is 12.5. The van der Waals surface area contributed by atoms with Gasteiger partial charge in [-0.3, -0.25) is 0 Å². The van der Waals surface area contributed by atoms with Crippen molar-refractivity contribution < 1.29 is 26.3 Å². The number of benzene rings is 1. The highest BCUT2D eigenvalue weighted by molar-refractivity contribution is 14.1. The van der Waals surface area contributed by atoms with E-state index in [2.05, 4.69) is 9.50 Å². The van der Waals surface area contributed by atoms with Crippen LogP contribution >= 0.6 is 22.6 Å². The summed E-state index contributed by atoms with van der Waals surface area (Å²) < 4.78 is 72.0. The first kappa shape index (κ1) is 18.9. The standard InChI is InChI=1S/C13H11F3IN3O3S/c1-23-8-20-7-9(12(17)19-20)6-18-24(21,22)11-4-2-10(3-5-11)13(14,15)16/h2-7H,8H2,1H3. The minimum absolute atomic E-state index is 0.190. The van der Waals surface area contributed by atoms with Crippen LogP contribution in [0.4, 0.5) is 13.2 Å². The summed E-state index contributed by atoms with van der Waals surface area (Å²) in [7, 11) is -2.63. The molecule has 0 saturated carbocycles. The highest BCUT2D eigenvalue weighted by Gasteiger charge is 2.30. The fourth-order valence-corrected chi connectivity index (χ4v) is 3.11. The zero-order valence-corrected chi connectivity index (χ0v) is 15.1. The van der Waals surface area contributed by atoms with Crippen LogP contribution in [0.15, 0.2) is 39.8 Å². The number of nitrogens with zero attached hydrogens (tertiary/aromatic N) is 3. The van der Waals surface area contributed by atoms with E-state index in [0.29, 0.717) is 21.4 Å². The number of alkyl halides is 3. The summed E-state index contributed by atoms with van der Waals surface area (Å²) >= 11 is 1.90. The monoisotopic (exact) mass is 473 g/mol. The highest BCUT2D eigenvalue weighted by Crippen LogP contribution is 2.29. The van der Waals surface area contributed by atoms with E-state index in [9.17, 15) is 21.6 Å². The van der Waals surface area contributed by atoms with E-state index in [-0.39, 0.29) is 11.6 Å². The van der Waals surface area contributed by atoms with Gasteiger partial charge in [-0.05, 0) is 46.9 Å². The summed E-state index contributed by atoms with van der Waals surface area (Å²) in [6, 6.07) is 3.13. The molecule has 2 aromatic rings. The maximum atomic E-state index is 12.5. The van der Waals surface area contributed by atoms with Gasteiger partial charge in [0.25, 0.3) is 10.0 Å². The van der Waals surface area contributed by atoms with Crippen molar-refractivity contribution in [1.29, 1.82) is 0 Å². The number of hydrogen-bond donors (Lipinski definition) is 0. The molecule has 6 nitrogen and oxygen atoms in total. The van der Waals surface area contributed by atoms with Crippen LogP contribution in [0.25, 0.3) is 0 Å². The van der Waals surface area contributed by atoms with Gasteiger partial charge in [0.1, 0.15) is 10.4 Å². The van der Waals surface area contributed by atoms with E-state index in [1.165, 1.54) is 18.0 Å². The van der Waals surface area contributed by atoms with Gasteiger partial charge in [-0.25, -0.2) is 4.68 Å². The highest BCUT2D eigenvalue weighted by atomic mass is 127. The van der Waals surface area contributed by atoms with Crippen molar-refractivity contribution in [1.82, 2.24) is 9.78 Å². The molecule has 0 saturated heterocycles. The first-order valence-corrected chi connectivity index (χ1v) is 8.85. The van der Waals surface area contributed by atoms with Crippen molar-refractivity contribution in [3.05, 3.63) is 45.3 Å². The van der Waals surface area contributed by atoms with Crippen LogP contribution in [0.1, 0.15) is 11.1 Å². The first-order valence-electron chi connectivity index (χ1n) is 6.33. The predicted molar refractivity (Wildman–Crippen MR) is 88.2 cm³/mol. The predicted octanol–water partition coefficient (Wildman–Crippen LogP) is 2.92. The van der Waals surface area contributed by atoms with E-state index in [4.69, 9.17) is 4.74 Å². The number of methoxy groups -OCH3 is 1. The van der Waals surface area contributed by atoms with E-state index < -0.39 is 21.8 Å². The summed E-state index contributed by atoms with van der Waals surface area (Å²) in [5.74, 6) is 0. The average Bonchev–Trinajstić information content (AvgIpc) is 2.85. The Hall–Kier alpha value is -1.47. The Bertz CT molecular complexity index is 846. The number of ether oxygens (including phenoxy) is 1. The summed E-state index contributed by atoms with van der Waals surface area (Å²) in [6.45, 7) is 0.190. The molecule has 130 valence electrons. The molecule has 0 aliphatic carbocycles. The topological polar surface area (TPSA) is 73.6 Å².